The molecule has 122 valence electrons. The van der Waals surface area contributed by atoms with E-state index >= 15 is 0 Å². The average Bonchev–Trinajstić information content (AvgIpc) is 2.56. The number of nitrogens with zero attached hydrogens (tertiary/aromatic N) is 2. The van der Waals surface area contributed by atoms with E-state index in [-0.39, 0.29) is 22.5 Å². The van der Waals surface area contributed by atoms with Gasteiger partial charge in [-0.1, -0.05) is 31.0 Å². The van der Waals surface area contributed by atoms with Gasteiger partial charge >= 0.3 is 0 Å². The Labute approximate surface area is 144 Å². The summed E-state index contributed by atoms with van der Waals surface area (Å²) >= 11 is 6.22. The zero-order chi connectivity index (χ0) is 17.7. The summed E-state index contributed by atoms with van der Waals surface area (Å²) in [6.07, 6.45) is 1.90. The monoisotopic (exact) mass is 342 g/mol. The van der Waals surface area contributed by atoms with Crippen LogP contribution in [0.4, 0.5) is 5.82 Å². The van der Waals surface area contributed by atoms with Gasteiger partial charge in [-0.15, -0.1) is 0 Å². The lowest BCUT2D eigenvalue weighted by Gasteiger charge is -2.12. The number of aromatic nitrogens is 1. The van der Waals surface area contributed by atoms with Gasteiger partial charge in [0.1, 0.15) is 34.8 Å². The van der Waals surface area contributed by atoms with Gasteiger partial charge in [0.05, 0.1) is 11.6 Å². The minimum atomic E-state index is -0.650. The van der Waals surface area contributed by atoms with E-state index < -0.39 is 5.56 Å². The number of nitrogens with one attached hydrogen (secondary N) is 1. The van der Waals surface area contributed by atoms with E-state index in [1.807, 2.05) is 12.1 Å². The Balaban J connectivity index is 2.57. The third-order valence-electron chi connectivity index (χ3n) is 3.44. The normalized spacial score (nSPS) is 10.0. The van der Waals surface area contributed by atoms with Crippen LogP contribution in [0.2, 0.25) is 5.02 Å². The molecule has 0 spiro atoms. The number of anilines is 1. The summed E-state index contributed by atoms with van der Waals surface area (Å²) in [4.78, 5) is 14.2. The summed E-state index contributed by atoms with van der Waals surface area (Å²) < 4.78 is 5.57. The Morgan fingerprint density at radius 1 is 1.29 bits per heavy atom. The molecule has 0 bridgehead atoms. The van der Waals surface area contributed by atoms with Crippen molar-refractivity contribution < 1.29 is 4.74 Å². The van der Waals surface area contributed by atoms with Crippen molar-refractivity contribution in [3.05, 3.63) is 44.7 Å². The van der Waals surface area contributed by atoms with Crippen molar-refractivity contribution in [1.82, 2.24) is 4.98 Å². The zero-order valence-electron chi connectivity index (χ0n) is 13.0. The molecular formula is C17H15ClN4O2. The van der Waals surface area contributed by atoms with Gasteiger partial charge in [0.15, 0.2) is 0 Å². The van der Waals surface area contributed by atoms with Crippen molar-refractivity contribution in [2.24, 2.45) is 0 Å². The SMILES string of the molecule is CCCCOc1ccc(-c2c(C#N)c(N)[nH]c(=O)c2C#N)cc1Cl. The van der Waals surface area contributed by atoms with Crippen molar-refractivity contribution in [1.29, 1.82) is 10.5 Å². The van der Waals surface area contributed by atoms with Crippen molar-refractivity contribution in [2.45, 2.75) is 19.8 Å². The first-order chi connectivity index (χ1) is 11.5. The number of halogens is 1. The standard InChI is InChI=1S/C17H15ClN4O2/c1-2-3-6-24-14-5-4-10(7-13(14)18)15-11(8-19)16(21)22-17(23)12(15)9-20/h4-5,7H,2-3,6H2,1H3,(H3,21,22,23). The number of nitrogen functional groups attached to an aromatic ring is 1. The molecule has 2 aromatic rings. The fraction of sp³-hybridized carbons (Fsp3) is 0.235. The molecule has 1 heterocycles. The molecule has 0 aliphatic rings. The molecule has 0 fully saturated rings. The minimum Gasteiger partial charge on any atom is -0.492 e. The summed E-state index contributed by atoms with van der Waals surface area (Å²) in [6, 6.07) is 8.58. The molecule has 0 radical (unpaired) electrons. The Kier molecular flexibility index (Phi) is 5.47. The maximum Gasteiger partial charge on any atom is 0.268 e. The van der Waals surface area contributed by atoms with Crippen LogP contribution in [0, 0.1) is 22.7 Å². The molecule has 3 N–H and O–H groups in total. The smallest absolute Gasteiger partial charge is 0.268 e. The number of nitriles is 2. The van der Waals surface area contributed by atoms with Crippen molar-refractivity contribution in [3.8, 4) is 29.0 Å². The van der Waals surface area contributed by atoms with Crippen molar-refractivity contribution >= 4 is 17.4 Å². The number of aromatic amines is 1. The number of H-pyrrole nitrogens is 1. The third kappa shape index (κ3) is 3.34. The number of benzene rings is 1. The third-order valence-corrected chi connectivity index (χ3v) is 3.74. The second kappa shape index (κ2) is 7.54. The first-order valence-electron chi connectivity index (χ1n) is 7.32. The lowest BCUT2D eigenvalue weighted by Crippen LogP contribution is -2.16. The molecule has 0 saturated heterocycles. The highest BCUT2D eigenvalue weighted by Crippen LogP contribution is 2.34. The van der Waals surface area contributed by atoms with Crippen molar-refractivity contribution in [2.75, 3.05) is 12.3 Å². The van der Waals surface area contributed by atoms with Gasteiger partial charge in [-0.2, -0.15) is 10.5 Å². The Morgan fingerprint density at radius 3 is 2.58 bits per heavy atom. The van der Waals surface area contributed by atoms with E-state index in [0.29, 0.717) is 22.9 Å². The maximum absolute atomic E-state index is 11.9. The van der Waals surface area contributed by atoms with E-state index in [9.17, 15) is 15.3 Å². The molecule has 0 saturated carbocycles. The Bertz CT molecular complexity index is 907. The van der Waals surface area contributed by atoms with Crippen LogP contribution in [0.3, 0.4) is 0 Å². The summed E-state index contributed by atoms with van der Waals surface area (Å²) in [6.45, 7) is 2.60. The maximum atomic E-state index is 11.9. The zero-order valence-corrected chi connectivity index (χ0v) is 13.8. The largest absolute Gasteiger partial charge is 0.492 e. The number of nitrogens with two attached hydrogens (primary N) is 1. The molecule has 0 aliphatic carbocycles. The van der Waals surface area contributed by atoms with Crippen molar-refractivity contribution in [3.63, 3.8) is 0 Å². The quantitative estimate of drug-likeness (QED) is 0.809. The van der Waals surface area contributed by atoms with Crippen LogP contribution < -0.4 is 16.0 Å². The Hall–Kier alpha value is -2.96. The number of ether oxygens (including phenoxy) is 1. The fourth-order valence-corrected chi connectivity index (χ4v) is 2.47. The van der Waals surface area contributed by atoms with E-state index in [4.69, 9.17) is 22.1 Å². The molecule has 2 rings (SSSR count). The van der Waals surface area contributed by atoms with E-state index in [2.05, 4.69) is 11.9 Å². The number of hydrogen-bond donors (Lipinski definition) is 2. The molecule has 0 atom stereocenters. The highest BCUT2D eigenvalue weighted by Gasteiger charge is 2.19. The number of hydrogen-bond acceptors (Lipinski definition) is 5. The van der Waals surface area contributed by atoms with Gasteiger partial charge in [0.25, 0.3) is 5.56 Å². The number of rotatable bonds is 5. The van der Waals surface area contributed by atoms with Crippen LogP contribution >= 0.6 is 11.6 Å². The van der Waals surface area contributed by atoms with Gasteiger partial charge in [-0.3, -0.25) is 4.79 Å². The van der Waals surface area contributed by atoms with E-state index in [0.717, 1.165) is 12.8 Å². The highest BCUT2D eigenvalue weighted by atomic mass is 35.5. The Morgan fingerprint density at radius 2 is 2.00 bits per heavy atom. The van der Waals surface area contributed by atoms with Gasteiger partial charge in [-0.05, 0) is 24.1 Å². The van der Waals surface area contributed by atoms with Crippen LogP contribution in [0.1, 0.15) is 30.9 Å². The molecule has 0 unspecified atom stereocenters. The summed E-state index contributed by atoms with van der Waals surface area (Å²) in [5.41, 5.74) is 5.52. The lowest BCUT2D eigenvalue weighted by molar-refractivity contribution is 0.309. The van der Waals surface area contributed by atoms with E-state index in [1.54, 1.807) is 18.2 Å². The van der Waals surface area contributed by atoms with Gasteiger partial charge in [0.2, 0.25) is 0 Å². The molecule has 0 aliphatic heterocycles. The molecular weight excluding hydrogens is 328 g/mol. The topological polar surface area (TPSA) is 116 Å². The number of unbranched alkanes of at least 4 members (excludes halogenated alkanes) is 1. The first kappa shape index (κ1) is 17.4. The number of pyridine rings is 1. The fourth-order valence-electron chi connectivity index (χ4n) is 2.23. The predicted octanol–water partition coefficient (Wildman–Crippen LogP) is 3.20. The molecule has 7 heteroatoms. The second-order valence-corrected chi connectivity index (χ2v) is 5.47. The summed E-state index contributed by atoms with van der Waals surface area (Å²) in [5.74, 6) is 0.416. The van der Waals surface area contributed by atoms with Crippen LogP contribution in [-0.2, 0) is 0 Å². The molecule has 24 heavy (non-hydrogen) atoms. The van der Waals surface area contributed by atoms with E-state index in [1.165, 1.54) is 0 Å². The molecule has 0 amide bonds. The van der Waals surface area contributed by atoms with Gasteiger partial charge < -0.3 is 15.5 Å². The van der Waals surface area contributed by atoms with Gasteiger partial charge in [-0.25, -0.2) is 0 Å². The summed E-state index contributed by atoms with van der Waals surface area (Å²) in [5, 5.41) is 18.9. The van der Waals surface area contributed by atoms with Gasteiger partial charge in [0, 0.05) is 5.56 Å². The lowest BCUT2D eigenvalue weighted by atomic mass is 9.96. The average molecular weight is 343 g/mol. The molecule has 6 nitrogen and oxygen atoms in total. The highest BCUT2D eigenvalue weighted by molar-refractivity contribution is 6.32. The molecule has 1 aromatic heterocycles. The van der Waals surface area contributed by atoms with Crippen LogP contribution in [0.25, 0.3) is 11.1 Å². The first-order valence-corrected chi connectivity index (χ1v) is 7.69. The van der Waals surface area contributed by atoms with Crippen LogP contribution in [0.5, 0.6) is 5.75 Å². The predicted molar refractivity (Wildman–Crippen MR) is 91.8 cm³/mol. The second-order valence-electron chi connectivity index (χ2n) is 5.06. The minimum absolute atomic E-state index is 0.0295. The molecule has 1 aromatic carbocycles. The van der Waals surface area contributed by atoms with Crippen LogP contribution in [0.15, 0.2) is 23.0 Å². The summed E-state index contributed by atoms with van der Waals surface area (Å²) in [7, 11) is 0. The van der Waals surface area contributed by atoms with Crippen LogP contribution in [-0.4, -0.2) is 11.6 Å².